The van der Waals surface area contributed by atoms with Crippen molar-refractivity contribution >= 4 is 40.8 Å². The van der Waals surface area contributed by atoms with E-state index in [-0.39, 0.29) is 34.3 Å². The van der Waals surface area contributed by atoms with Crippen LogP contribution in [0.1, 0.15) is 84.1 Å². The van der Waals surface area contributed by atoms with Crippen LogP contribution < -0.4 is 10.2 Å². The first-order valence-electron chi connectivity index (χ1n) is 15.1. The lowest BCUT2D eigenvalue weighted by Gasteiger charge is -2.66. The van der Waals surface area contributed by atoms with Crippen molar-refractivity contribution in [2.75, 3.05) is 29.7 Å². The normalized spacial score (nSPS) is 37.6. The van der Waals surface area contributed by atoms with Gasteiger partial charge in [0.15, 0.2) is 0 Å². The SMILES string of the molecule is C[C@@]12CC[C@H]3[C@@H]4CCC(=O)N[C@]4(C)CC[C@@H]3[C@]1(C)CC[C@H](OC(=O)Cc1ccc(N(CCCl)CCCl)cc1)C2. The molecule has 4 fully saturated rings. The number of hydrogen-bond acceptors (Lipinski definition) is 4. The second-order valence-corrected chi connectivity index (χ2v) is 14.3. The molecule has 4 aliphatic rings. The number of piperidine rings is 1. The number of carbonyl (C=O) groups is 2. The van der Waals surface area contributed by atoms with E-state index in [1.165, 1.54) is 19.3 Å². The van der Waals surface area contributed by atoms with Gasteiger partial charge in [-0.05, 0) is 105 Å². The van der Waals surface area contributed by atoms with Crippen LogP contribution in [0, 0.1) is 28.6 Å². The van der Waals surface area contributed by atoms with Crippen LogP contribution in [0.15, 0.2) is 24.3 Å². The number of fused-ring (bicyclic) bond motifs is 5. The number of ether oxygens (including phenoxy) is 1. The first-order chi connectivity index (χ1) is 18.6. The second-order valence-electron chi connectivity index (χ2n) is 13.5. The summed E-state index contributed by atoms with van der Waals surface area (Å²) in [6, 6.07) is 8.11. The Morgan fingerprint density at radius 3 is 2.38 bits per heavy atom. The number of amides is 1. The summed E-state index contributed by atoms with van der Waals surface area (Å²) in [6.07, 6.45) is 9.72. The van der Waals surface area contributed by atoms with Crippen LogP contribution in [0.25, 0.3) is 0 Å². The Kier molecular flexibility index (Phi) is 8.51. The van der Waals surface area contributed by atoms with Crippen molar-refractivity contribution < 1.29 is 14.3 Å². The van der Waals surface area contributed by atoms with E-state index in [1.54, 1.807) is 0 Å². The Bertz CT molecular complexity index is 1040. The molecule has 3 saturated carbocycles. The molecular weight excluding hydrogens is 531 g/mol. The number of alkyl halides is 2. The van der Waals surface area contributed by atoms with Gasteiger partial charge in [0.2, 0.25) is 5.91 Å². The topological polar surface area (TPSA) is 58.6 Å². The highest BCUT2D eigenvalue weighted by atomic mass is 35.5. The molecule has 1 amide bonds. The average Bonchev–Trinajstić information content (AvgIpc) is 2.89. The molecule has 7 heteroatoms. The van der Waals surface area contributed by atoms with E-state index in [2.05, 4.69) is 31.0 Å². The van der Waals surface area contributed by atoms with Crippen LogP contribution in [0.3, 0.4) is 0 Å². The van der Waals surface area contributed by atoms with Gasteiger partial charge in [-0.25, -0.2) is 0 Å². The number of halogens is 2. The zero-order valence-electron chi connectivity index (χ0n) is 23.9. The highest BCUT2D eigenvalue weighted by Gasteiger charge is 2.62. The molecule has 1 heterocycles. The van der Waals surface area contributed by atoms with Crippen LogP contribution in [0.4, 0.5) is 5.69 Å². The Morgan fingerprint density at radius 1 is 0.974 bits per heavy atom. The molecular formula is C32H46Cl2N2O3. The van der Waals surface area contributed by atoms with Crippen LogP contribution in [-0.4, -0.2) is 48.4 Å². The van der Waals surface area contributed by atoms with Gasteiger partial charge < -0.3 is 15.0 Å². The number of anilines is 1. The van der Waals surface area contributed by atoms with Gasteiger partial charge in [-0.2, -0.15) is 0 Å². The lowest BCUT2D eigenvalue weighted by Crippen LogP contribution is -2.65. The van der Waals surface area contributed by atoms with Crippen LogP contribution in [0.5, 0.6) is 0 Å². The monoisotopic (exact) mass is 576 g/mol. The molecule has 0 radical (unpaired) electrons. The Labute approximate surface area is 244 Å². The van der Waals surface area contributed by atoms with Gasteiger partial charge in [0, 0.05) is 42.5 Å². The maximum atomic E-state index is 13.0. The van der Waals surface area contributed by atoms with E-state index in [1.807, 2.05) is 24.3 Å². The summed E-state index contributed by atoms with van der Waals surface area (Å²) in [4.78, 5) is 27.3. The fourth-order valence-corrected chi connectivity index (χ4v) is 9.56. The molecule has 0 aromatic heterocycles. The van der Waals surface area contributed by atoms with Gasteiger partial charge in [0.1, 0.15) is 6.10 Å². The molecule has 0 bridgehead atoms. The number of esters is 1. The van der Waals surface area contributed by atoms with Crippen molar-refractivity contribution in [3.8, 4) is 0 Å². The minimum absolute atomic E-state index is 0.00263. The van der Waals surface area contributed by atoms with E-state index >= 15 is 0 Å². The fraction of sp³-hybridized carbons (Fsp3) is 0.750. The lowest BCUT2D eigenvalue weighted by molar-refractivity contribution is -0.183. The van der Waals surface area contributed by atoms with E-state index in [0.29, 0.717) is 42.4 Å². The second kappa shape index (κ2) is 11.4. The number of rotatable bonds is 8. The Balaban J connectivity index is 1.19. The molecule has 39 heavy (non-hydrogen) atoms. The predicted octanol–water partition coefficient (Wildman–Crippen LogP) is 6.73. The molecule has 7 atom stereocenters. The van der Waals surface area contributed by atoms with Crippen LogP contribution >= 0.6 is 23.2 Å². The van der Waals surface area contributed by atoms with E-state index in [4.69, 9.17) is 27.9 Å². The molecule has 0 unspecified atom stereocenters. The molecule has 3 aliphatic carbocycles. The number of nitrogens with zero attached hydrogens (tertiary/aromatic N) is 1. The fourth-order valence-electron chi connectivity index (χ4n) is 9.16. The minimum atomic E-state index is -0.126. The standard InChI is InChI=1S/C32H46Cl2N2O3/c1-30-13-11-25-26(12-15-32(3)27(25)8-9-28(37)35-32)31(30,2)14-10-24(21-30)39-29(38)20-22-4-6-23(7-5-22)36(18-16-33)19-17-34/h4-7,24-27H,8-21H2,1-3H3,(H,35,37)/t24-,25+,26-,27-,30-,31-,32+/m0/s1. The molecule has 5 nitrogen and oxygen atoms in total. The van der Waals surface area contributed by atoms with Crippen LogP contribution in [-0.2, 0) is 20.7 Å². The third kappa shape index (κ3) is 5.56. The first-order valence-corrected chi connectivity index (χ1v) is 16.1. The minimum Gasteiger partial charge on any atom is -0.462 e. The van der Waals surface area contributed by atoms with Gasteiger partial charge in [-0.15, -0.1) is 23.2 Å². The summed E-state index contributed by atoms with van der Waals surface area (Å²) in [5.41, 5.74) is 2.45. The predicted molar refractivity (Wildman–Crippen MR) is 158 cm³/mol. The molecule has 1 saturated heterocycles. The van der Waals surface area contributed by atoms with Crippen molar-refractivity contribution in [1.82, 2.24) is 5.32 Å². The highest BCUT2D eigenvalue weighted by molar-refractivity contribution is 6.18. The molecule has 5 rings (SSSR count). The Hall–Kier alpha value is -1.46. The molecule has 1 aromatic rings. The smallest absolute Gasteiger partial charge is 0.310 e. The largest absolute Gasteiger partial charge is 0.462 e. The third-order valence-electron chi connectivity index (χ3n) is 11.5. The Morgan fingerprint density at radius 2 is 1.69 bits per heavy atom. The van der Waals surface area contributed by atoms with Crippen molar-refractivity contribution in [2.45, 2.75) is 96.6 Å². The maximum absolute atomic E-state index is 13.0. The zero-order valence-corrected chi connectivity index (χ0v) is 25.5. The van der Waals surface area contributed by atoms with E-state index in [0.717, 1.165) is 56.4 Å². The summed E-state index contributed by atoms with van der Waals surface area (Å²) >= 11 is 11.9. The number of hydrogen-bond donors (Lipinski definition) is 1. The molecule has 0 spiro atoms. The van der Waals surface area contributed by atoms with Crippen molar-refractivity contribution in [3.63, 3.8) is 0 Å². The van der Waals surface area contributed by atoms with Gasteiger partial charge in [-0.3, -0.25) is 9.59 Å². The van der Waals surface area contributed by atoms with Crippen molar-refractivity contribution in [2.24, 2.45) is 28.6 Å². The third-order valence-corrected chi connectivity index (χ3v) is 11.8. The van der Waals surface area contributed by atoms with Crippen LogP contribution in [0.2, 0.25) is 0 Å². The molecule has 1 aliphatic heterocycles. The first kappa shape index (κ1) is 29.0. The average molecular weight is 578 g/mol. The number of benzene rings is 1. The van der Waals surface area contributed by atoms with E-state index in [9.17, 15) is 9.59 Å². The lowest BCUT2D eigenvalue weighted by atomic mass is 9.40. The summed E-state index contributed by atoms with van der Waals surface area (Å²) in [5.74, 6) is 3.17. The van der Waals surface area contributed by atoms with Crippen molar-refractivity contribution in [3.05, 3.63) is 29.8 Å². The zero-order chi connectivity index (χ0) is 27.8. The van der Waals surface area contributed by atoms with Gasteiger partial charge in [0.25, 0.3) is 0 Å². The van der Waals surface area contributed by atoms with Gasteiger partial charge in [-0.1, -0.05) is 26.0 Å². The molecule has 216 valence electrons. The summed E-state index contributed by atoms with van der Waals surface area (Å²) in [6.45, 7) is 8.78. The maximum Gasteiger partial charge on any atom is 0.310 e. The molecule has 1 aromatic carbocycles. The quantitative estimate of drug-likeness (QED) is 0.275. The van der Waals surface area contributed by atoms with Gasteiger partial charge in [0.05, 0.1) is 6.42 Å². The summed E-state index contributed by atoms with van der Waals surface area (Å²) < 4.78 is 6.13. The van der Waals surface area contributed by atoms with E-state index < -0.39 is 0 Å². The highest BCUT2D eigenvalue weighted by Crippen LogP contribution is 2.67. The van der Waals surface area contributed by atoms with Crippen molar-refractivity contribution in [1.29, 1.82) is 0 Å². The number of nitrogens with one attached hydrogen (secondary N) is 1. The van der Waals surface area contributed by atoms with Gasteiger partial charge >= 0.3 is 5.97 Å². The number of carbonyl (C=O) groups excluding carboxylic acids is 2. The molecule has 1 N–H and O–H groups in total. The summed E-state index contributed by atoms with van der Waals surface area (Å²) in [5, 5.41) is 3.38. The summed E-state index contributed by atoms with van der Waals surface area (Å²) in [7, 11) is 0.